The van der Waals surface area contributed by atoms with E-state index >= 15 is 0 Å². The molecule has 3 fully saturated rings. The molecule has 1 heterocycles. The van der Waals surface area contributed by atoms with E-state index in [2.05, 4.69) is 16.0 Å². The molecule has 1 aliphatic heterocycles. The number of hydrogen-bond donors (Lipinski definition) is 4. The third-order valence-corrected chi connectivity index (χ3v) is 10.8. The lowest BCUT2D eigenvalue weighted by molar-refractivity contribution is -0.166. The summed E-state index contributed by atoms with van der Waals surface area (Å²) in [5, 5.41) is 9.07. The Bertz CT molecular complexity index is 1190. The summed E-state index contributed by atoms with van der Waals surface area (Å²) in [7, 11) is 0. The number of Topliss-reactive ketones (excluding diaryl/α,β-unsaturated/α-hetero) is 1. The van der Waals surface area contributed by atoms with Gasteiger partial charge in [-0.05, 0) is 83.0 Å². The predicted molar refractivity (Wildman–Crippen MR) is 198 cm³/mol. The molecule has 5 atom stereocenters. The molecule has 3 aliphatic rings. The number of nitrogens with one attached hydrogen (secondary N) is 3. The van der Waals surface area contributed by atoms with Crippen LogP contribution in [0.2, 0.25) is 0 Å². The highest BCUT2D eigenvalue weighted by Crippen LogP contribution is 2.35. The van der Waals surface area contributed by atoms with Crippen molar-refractivity contribution in [3.8, 4) is 0 Å². The number of esters is 1. The van der Waals surface area contributed by atoms with Crippen LogP contribution in [0.25, 0.3) is 0 Å². The Hall–Kier alpha value is -3.02. The Morgan fingerprint density at radius 2 is 1.49 bits per heavy atom. The van der Waals surface area contributed by atoms with E-state index in [0.717, 1.165) is 57.8 Å². The highest BCUT2D eigenvalue weighted by Gasteiger charge is 2.48. The fourth-order valence-electron chi connectivity index (χ4n) is 7.85. The van der Waals surface area contributed by atoms with Crippen LogP contribution in [0, 0.1) is 23.7 Å². The second kappa shape index (κ2) is 20.3. The van der Waals surface area contributed by atoms with E-state index in [1.165, 1.54) is 0 Å². The number of ketones is 1. The lowest BCUT2D eigenvalue weighted by Crippen LogP contribution is -2.61. The van der Waals surface area contributed by atoms with Gasteiger partial charge >= 0.3 is 5.97 Å². The number of amides is 4. The van der Waals surface area contributed by atoms with Gasteiger partial charge in [0.05, 0.1) is 18.6 Å². The van der Waals surface area contributed by atoms with Crippen molar-refractivity contribution in [3.05, 3.63) is 0 Å². The lowest BCUT2D eigenvalue weighted by atomic mass is 9.81. The standard InChI is InChI=1S/C37H63N5O7.C2H6/c1-8-24(4)21-27(31(44)32(38)45)40-33(46)30-26(23(2)3)17-20-42(30)34(47)29(25-15-11-9-12-16-25)39-22-28(43)41-37(18-13-10-14-19-37)35(48)49-36(5,6)7;1-2/h23-27,29-30,39H,8-22H2,1-7H3,(H2,38,45)(H,40,46)(H,41,43);1-2H3/t24?,26?,27?,29?,30-;/m0./s1. The second-order valence-corrected chi connectivity index (χ2v) is 16.2. The van der Waals surface area contributed by atoms with Crippen LogP contribution in [0.4, 0.5) is 0 Å². The van der Waals surface area contributed by atoms with Crippen molar-refractivity contribution in [2.24, 2.45) is 29.4 Å². The van der Waals surface area contributed by atoms with Gasteiger partial charge in [-0.15, -0.1) is 0 Å². The summed E-state index contributed by atoms with van der Waals surface area (Å²) in [5.74, 6) is -3.53. The summed E-state index contributed by atoms with van der Waals surface area (Å²) in [6, 6.07) is -2.62. The van der Waals surface area contributed by atoms with Crippen molar-refractivity contribution >= 4 is 35.4 Å². The number of primary amides is 1. The molecule has 0 aromatic carbocycles. The normalized spacial score (nSPS) is 22.5. The molecule has 2 aliphatic carbocycles. The average molecular weight is 720 g/mol. The molecule has 0 aromatic heterocycles. The SMILES string of the molecule is CC.CCC(C)CC(NC(=O)[C@@H]1C(C(C)C)CCN1C(=O)C(NCC(=O)NC1(C(=O)OC(C)(C)C)CCCCC1)C1CCCCC1)C(=O)C(N)=O. The van der Waals surface area contributed by atoms with Crippen molar-refractivity contribution in [2.75, 3.05) is 13.1 Å². The number of likely N-dealkylation sites (tertiary alicyclic amines) is 1. The van der Waals surface area contributed by atoms with Gasteiger partial charge in [0.2, 0.25) is 23.5 Å². The van der Waals surface area contributed by atoms with Gasteiger partial charge in [-0.1, -0.05) is 86.5 Å². The number of nitrogens with zero attached hydrogens (tertiary/aromatic N) is 1. The Labute approximate surface area is 306 Å². The Balaban J connectivity index is 0.00000442. The van der Waals surface area contributed by atoms with E-state index in [0.29, 0.717) is 25.8 Å². The van der Waals surface area contributed by atoms with Crippen molar-refractivity contribution in [1.82, 2.24) is 20.9 Å². The van der Waals surface area contributed by atoms with Crippen LogP contribution in [0.3, 0.4) is 0 Å². The number of carbonyl (C=O) groups is 6. The van der Waals surface area contributed by atoms with Crippen LogP contribution in [0.5, 0.6) is 0 Å². The molecular weight excluding hydrogens is 650 g/mol. The third-order valence-electron chi connectivity index (χ3n) is 10.8. The summed E-state index contributed by atoms with van der Waals surface area (Å²) in [5.41, 5.74) is 3.55. The summed E-state index contributed by atoms with van der Waals surface area (Å²) >= 11 is 0. The number of nitrogens with two attached hydrogens (primary N) is 1. The van der Waals surface area contributed by atoms with E-state index in [9.17, 15) is 28.8 Å². The predicted octanol–water partition coefficient (Wildman–Crippen LogP) is 4.56. The topological polar surface area (TPSA) is 177 Å². The fraction of sp³-hybridized carbons (Fsp3) is 0.846. The zero-order chi connectivity index (χ0) is 38.5. The second-order valence-electron chi connectivity index (χ2n) is 16.2. The van der Waals surface area contributed by atoms with Crippen LogP contribution in [-0.2, 0) is 33.5 Å². The molecule has 0 aromatic rings. The van der Waals surface area contributed by atoms with Crippen LogP contribution in [0.1, 0.15) is 146 Å². The lowest BCUT2D eigenvalue weighted by Gasteiger charge is -2.38. The molecule has 0 spiro atoms. The van der Waals surface area contributed by atoms with Crippen LogP contribution in [-0.4, -0.2) is 82.6 Å². The maximum Gasteiger partial charge on any atom is 0.332 e. The minimum Gasteiger partial charge on any atom is -0.458 e. The van der Waals surface area contributed by atoms with Crippen LogP contribution in [0.15, 0.2) is 0 Å². The highest BCUT2D eigenvalue weighted by molar-refractivity contribution is 6.37. The number of hydrogen-bond acceptors (Lipinski definition) is 8. The van der Waals surface area contributed by atoms with E-state index in [4.69, 9.17) is 10.5 Å². The van der Waals surface area contributed by atoms with E-state index in [1.807, 2.05) is 62.3 Å². The van der Waals surface area contributed by atoms with Crippen molar-refractivity contribution in [1.29, 1.82) is 0 Å². The quantitative estimate of drug-likeness (QED) is 0.141. The largest absolute Gasteiger partial charge is 0.458 e. The third kappa shape index (κ3) is 12.6. The average Bonchev–Trinajstić information content (AvgIpc) is 3.54. The molecule has 2 saturated carbocycles. The van der Waals surface area contributed by atoms with Gasteiger partial charge < -0.3 is 26.0 Å². The first-order valence-corrected chi connectivity index (χ1v) is 19.7. The summed E-state index contributed by atoms with van der Waals surface area (Å²) in [4.78, 5) is 81.7. The molecule has 4 amide bonds. The molecule has 12 heteroatoms. The maximum absolute atomic E-state index is 14.5. The minimum atomic E-state index is -1.11. The van der Waals surface area contributed by atoms with E-state index in [-0.39, 0.29) is 48.5 Å². The van der Waals surface area contributed by atoms with E-state index < -0.39 is 52.8 Å². The van der Waals surface area contributed by atoms with Gasteiger partial charge in [0.1, 0.15) is 17.2 Å². The van der Waals surface area contributed by atoms with Crippen LogP contribution >= 0.6 is 0 Å². The van der Waals surface area contributed by atoms with Gasteiger partial charge in [0.15, 0.2) is 0 Å². The zero-order valence-corrected chi connectivity index (χ0v) is 33.0. The smallest absolute Gasteiger partial charge is 0.332 e. The van der Waals surface area contributed by atoms with Crippen molar-refractivity contribution in [3.63, 3.8) is 0 Å². The fourth-order valence-corrected chi connectivity index (χ4v) is 7.85. The molecule has 51 heavy (non-hydrogen) atoms. The molecule has 12 nitrogen and oxygen atoms in total. The molecule has 1 saturated heterocycles. The molecule has 292 valence electrons. The Kier molecular flexibility index (Phi) is 17.6. The first kappa shape index (κ1) is 44.1. The first-order chi connectivity index (χ1) is 24.0. The van der Waals surface area contributed by atoms with Gasteiger partial charge in [0.25, 0.3) is 5.91 Å². The monoisotopic (exact) mass is 720 g/mol. The zero-order valence-electron chi connectivity index (χ0n) is 33.0. The number of carbonyl (C=O) groups excluding carboxylic acids is 6. The van der Waals surface area contributed by atoms with Crippen molar-refractivity contribution < 1.29 is 33.5 Å². The van der Waals surface area contributed by atoms with Gasteiger partial charge in [-0.3, -0.25) is 29.3 Å². The van der Waals surface area contributed by atoms with Crippen molar-refractivity contribution in [2.45, 2.75) is 175 Å². The van der Waals surface area contributed by atoms with Gasteiger partial charge in [-0.25, -0.2) is 4.79 Å². The molecular formula is C39H69N5O7. The molecule has 4 unspecified atom stereocenters. The molecule has 0 bridgehead atoms. The maximum atomic E-state index is 14.5. The Morgan fingerprint density at radius 3 is 2.02 bits per heavy atom. The van der Waals surface area contributed by atoms with Crippen LogP contribution < -0.4 is 21.7 Å². The molecule has 0 radical (unpaired) electrons. The summed E-state index contributed by atoms with van der Waals surface area (Å²) < 4.78 is 5.73. The Morgan fingerprint density at radius 1 is 0.902 bits per heavy atom. The van der Waals surface area contributed by atoms with E-state index in [1.54, 1.807) is 4.90 Å². The highest BCUT2D eigenvalue weighted by atomic mass is 16.6. The number of ether oxygens (including phenoxy) is 1. The summed E-state index contributed by atoms with van der Waals surface area (Å²) in [6.07, 6.45) is 9.84. The number of rotatable bonds is 15. The molecule has 3 rings (SSSR count). The first-order valence-electron chi connectivity index (χ1n) is 19.7. The van der Waals surface area contributed by atoms with Gasteiger partial charge in [0, 0.05) is 6.54 Å². The van der Waals surface area contributed by atoms with Gasteiger partial charge in [-0.2, -0.15) is 0 Å². The minimum absolute atomic E-state index is 0.0278. The summed E-state index contributed by atoms with van der Waals surface area (Å²) in [6.45, 7) is 17.5. The molecule has 5 N–H and O–H groups in total.